The van der Waals surface area contributed by atoms with Gasteiger partial charge in [0, 0.05) is 49.6 Å². The second kappa shape index (κ2) is 8.52. The van der Waals surface area contributed by atoms with Crippen molar-refractivity contribution in [1.29, 1.82) is 5.26 Å². The average Bonchev–Trinajstić information content (AvgIpc) is 3.48. The number of nitriles is 1. The van der Waals surface area contributed by atoms with Crippen LogP contribution in [0.1, 0.15) is 47.9 Å². The van der Waals surface area contributed by atoms with Crippen molar-refractivity contribution in [3.8, 4) is 12.1 Å². The molecule has 1 aliphatic carbocycles. The van der Waals surface area contributed by atoms with Gasteiger partial charge in [-0.2, -0.15) is 25.3 Å². The number of ether oxygens (including phenoxy) is 1. The first-order valence-electron chi connectivity index (χ1n) is 11.8. The first-order chi connectivity index (χ1) is 16.7. The van der Waals surface area contributed by atoms with Crippen LogP contribution in [0.2, 0.25) is 0 Å². The van der Waals surface area contributed by atoms with Crippen LogP contribution in [0.15, 0.2) is 18.3 Å². The minimum Gasteiger partial charge on any atom is -0.463 e. The highest BCUT2D eigenvalue weighted by molar-refractivity contribution is 5.91. The summed E-state index contributed by atoms with van der Waals surface area (Å²) in [6, 6.07) is 6.40. The molecule has 3 aliphatic rings. The van der Waals surface area contributed by atoms with Gasteiger partial charge >= 0.3 is 6.01 Å². The Balaban J connectivity index is 1.19. The van der Waals surface area contributed by atoms with Gasteiger partial charge in [-0.05, 0) is 37.8 Å². The Labute approximate surface area is 196 Å². The third-order valence-electron chi connectivity index (χ3n) is 6.98. The molecular weight excluding hydrogens is 434 g/mol. The highest BCUT2D eigenvalue weighted by Gasteiger charge is 2.38. The summed E-state index contributed by atoms with van der Waals surface area (Å²) >= 11 is 0. The number of carbonyl (C=O) groups is 1. The number of H-pyrrole nitrogens is 1. The molecule has 3 fully saturated rings. The van der Waals surface area contributed by atoms with Gasteiger partial charge in [-0.1, -0.05) is 0 Å². The molecule has 0 bridgehead atoms. The number of aromatic nitrogens is 6. The highest BCUT2D eigenvalue weighted by atomic mass is 16.5. The molecule has 11 heteroatoms. The van der Waals surface area contributed by atoms with E-state index in [1.807, 2.05) is 12.1 Å². The number of anilines is 1. The zero-order chi connectivity index (χ0) is 23.1. The maximum absolute atomic E-state index is 12.8. The number of hydrogen-bond acceptors (Lipinski definition) is 9. The summed E-state index contributed by atoms with van der Waals surface area (Å²) in [5.41, 5.74) is 1.86. The Kier molecular flexibility index (Phi) is 5.20. The number of pyridine rings is 1. The van der Waals surface area contributed by atoms with Crippen LogP contribution in [-0.2, 0) is 0 Å². The smallest absolute Gasteiger partial charge is 0.321 e. The zero-order valence-electron chi connectivity index (χ0n) is 18.7. The van der Waals surface area contributed by atoms with Crippen molar-refractivity contribution >= 4 is 22.9 Å². The quantitative estimate of drug-likeness (QED) is 0.586. The number of hydrogen-bond donors (Lipinski definition) is 1. The molecule has 0 spiro atoms. The van der Waals surface area contributed by atoms with Crippen LogP contribution >= 0.6 is 0 Å². The van der Waals surface area contributed by atoms with E-state index in [-0.39, 0.29) is 29.6 Å². The molecule has 2 atom stereocenters. The lowest BCUT2D eigenvalue weighted by atomic mass is 9.92. The minimum absolute atomic E-state index is 0.0378. The molecule has 0 radical (unpaired) electrons. The summed E-state index contributed by atoms with van der Waals surface area (Å²) in [5.74, 6) is 0.954. The fourth-order valence-electron chi connectivity index (χ4n) is 4.62. The normalized spacial score (nSPS) is 22.3. The fourth-order valence-corrected chi connectivity index (χ4v) is 4.62. The van der Waals surface area contributed by atoms with Gasteiger partial charge in [-0.25, -0.2) is 4.98 Å². The van der Waals surface area contributed by atoms with Gasteiger partial charge in [0.25, 0.3) is 5.91 Å². The van der Waals surface area contributed by atoms with Crippen LogP contribution in [-0.4, -0.2) is 73.7 Å². The lowest BCUT2D eigenvalue weighted by Crippen LogP contribution is -2.43. The Morgan fingerprint density at radius 2 is 2.06 bits per heavy atom. The van der Waals surface area contributed by atoms with Crippen molar-refractivity contribution < 1.29 is 9.53 Å². The van der Waals surface area contributed by atoms with E-state index in [1.54, 1.807) is 11.1 Å². The molecule has 6 rings (SSSR count). The fraction of sp³-hybridized carbons (Fsp3) is 0.522. The Hall–Kier alpha value is -3.81. The molecule has 34 heavy (non-hydrogen) atoms. The topological polar surface area (TPSA) is 137 Å². The van der Waals surface area contributed by atoms with E-state index in [2.05, 4.69) is 41.1 Å². The molecule has 174 valence electrons. The lowest BCUT2D eigenvalue weighted by Gasteiger charge is -2.32. The third-order valence-corrected chi connectivity index (χ3v) is 6.98. The predicted octanol–water partition coefficient (Wildman–Crippen LogP) is 1.91. The van der Waals surface area contributed by atoms with Gasteiger partial charge in [-0.15, -0.1) is 0 Å². The zero-order valence-corrected chi connectivity index (χ0v) is 18.7. The monoisotopic (exact) mass is 459 g/mol. The molecule has 2 saturated heterocycles. The number of likely N-dealkylation sites (tertiary alicyclic amines) is 1. The van der Waals surface area contributed by atoms with E-state index in [0.29, 0.717) is 18.5 Å². The van der Waals surface area contributed by atoms with Crippen LogP contribution in [0.25, 0.3) is 11.0 Å². The molecule has 1 amide bonds. The number of amides is 1. The number of rotatable bonds is 6. The standard InChI is InChI=1S/C23H25N9O2/c24-12-15-11-16(15)13-34-23-27-20(21(33)31-7-2-8-31)26-22(28-23)32-9-4-14(5-10-32)18-17-3-1-6-25-19(17)30-29-18/h1,3,6,14-16H,2,4-5,7-11,13H2,(H,25,29,30)/t15?,16-/m1/s1. The number of nitrogens with zero attached hydrogens (tertiary/aromatic N) is 8. The predicted molar refractivity (Wildman–Crippen MR) is 121 cm³/mol. The molecule has 1 unspecified atom stereocenters. The SMILES string of the molecule is N#CC1C[C@@H]1COc1nc(C(=O)N2CCC2)nc(N2CCC(c3n[nH]c4ncccc34)CC2)n1. The first kappa shape index (κ1) is 20.8. The van der Waals surface area contributed by atoms with Crippen molar-refractivity contribution in [2.45, 2.75) is 31.6 Å². The van der Waals surface area contributed by atoms with Gasteiger partial charge in [0.15, 0.2) is 5.65 Å². The van der Waals surface area contributed by atoms with Gasteiger partial charge in [0.1, 0.15) is 0 Å². The molecule has 3 aromatic rings. The molecule has 5 heterocycles. The molecule has 1 saturated carbocycles. The van der Waals surface area contributed by atoms with Gasteiger partial charge < -0.3 is 14.5 Å². The van der Waals surface area contributed by atoms with Crippen LogP contribution < -0.4 is 9.64 Å². The van der Waals surface area contributed by atoms with Gasteiger partial charge in [0.2, 0.25) is 11.8 Å². The number of carbonyl (C=O) groups excluding carboxylic acids is 1. The van der Waals surface area contributed by atoms with Crippen LogP contribution in [0.4, 0.5) is 5.95 Å². The maximum atomic E-state index is 12.8. The number of piperidine rings is 1. The molecule has 2 aliphatic heterocycles. The summed E-state index contributed by atoms with van der Waals surface area (Å²) in [7, 11) is 0. The van der Waals surface area contributed by atoms with E-state index in [0.717, 1.165) is 68.6 Å². The summed E-state index contributed by atoms with van der Waals surface area (Å²) in [4.78, 5) is 34.3. The largest absolute Gasteiger partial charge is 0.463 e. The van der Waals surface area contributed by atoms with Crippen LogP contribution in [0.3, 0.4) is 0 Å². The van der Waals surface area contributed by atoms with Crippen molar-refractivity contribution in [3.05, 3.63) is 29.8 Å². The minimum atomic E-state index is -0.188. The third kappa shape index (κ3) is 3.89. The summed E-state index contributed by atoms with van der Waals surface area (Å²) in [6.45, 7) is 3.29. The van der Waals surface area contributed by atoms with E-state index in [4.69, 9.17) is 10.00 Å². The summed E-state index contributed by atoms with van der Waals surface area (Å²) < 4.78 is 5.81. The van der Waals surface area contributed by atoms with E-state index < -0.39 is 0 Å². The molecule has 3 aromatic heterocycles. The molecular formula is C23H25N9O2. The Morgan fingerprint density at radius 1 is 1.21 bits per heavy atom. The van der Waals surface area contributed by atoms with Crippen LogP contribution in [0, 0.1) is 23.2 Å². The van der Waals surface area contributed by atoms with Crippen molar-refractivity contribution in [2.75, 3.05) is 37.7 Å². The van der Waals surface area contributed by atoms with E-state index >= 15 is 0 Å². The number of fused-ring (bicyclic) bond motifs is 1. The highest BCUT2D eigenvalue weighted by Crippen LogP contribution is 2.38. The maximum Gasteiger partial charge on any atom is 0.321 e. The summed E-state index contributed by atoms with van der Waals surface area (Å²) in [6.07, 6.45) is 5.36. The molecule has 11 nitrogen and oxygen atoms in total. The summed E-state index contributed by atoms with van der Waals surface area (Å²) in [5, 5.41) is 17.6. The second-order valence-corrected chi connectivity index (χ2v) is 9.20. The Bertz CT molecular complexity index is 1260. The average molecular weight is 460 g/mol. The number of aromatic amines is 1. The van der Waals surface area contributed by atoms with Crippen LogP contribution in [0.5, 0.6) is 6.01 Å². The Morgan fingerprint density at radius 3 is 2.79 bits per heavy atom. The number of nitrogens with one attached hydrogen (secondary N) is 1. The second-order valence-electron chi connectivity index (χ2n) is 9.20. The lowest BCUT2D eigenvalue weighted by molar-refractivity contribution is 0.0636. The molecule has 0 aromatic carbocycles. The first-order valence-corrected chi connectivity index (χ1v) is 11.8. The van der Waals surface area contributed by atoms with Crippen molar-refractivity contribution in [2.24, 2.45) is 11.8 Å². The van der Waals surface area contributed by atoms with E-state index in [9.17, 15) is 4.79 Å². The van der Waals surface area contributed by atoms with Crippen molar-refractivity contribution in [1.82, 2.24) is 35.0 Å². The van der Waals surface area contributed by atoms with Crippen molar-refractivity contribution in [3.63, 3.8) is 0 Å². The van der Waals surface area contributed by atoms with Gasteiger partial charge in [0.05, 0.1) is 24.3 Å². The van der Waals surface area contributed by atoms with Gasteiger partial charge in [-0.3, -0.25) is 9.89 Å². The van der Waals surface area contributed by atoms with E-state index in [1.165, 1.54) is 0 Å². The molecule has 1 N–H and O–H groups in total.